The van der Waals surface area contributed by atoms with Gasteiger partial charge in [-0.2, -0.15) is 13.2 Å². The maximum atomic E-state index is 12.4. The molecule has 1 aromatic heterocycles. The molecule has 1 aromatic carbocycles. The smallest absolute Gasteiger partial charge is 0.369 e. The summed E-state index contributed by atoms with van der Waals surface area (Å²) in [7, 11) is 0. The topological polar surface area (TPSA) is 59.2 Å². The molecule has 2 heterocycles. The van der Waals surface area contributed by atoms with Gasteiger partial charge < -0.3 is 10.6 Å². The molecule has 1 aliphatic heterocycles. The van der Waals surface area contributed by atoms with Gasteiger partial charge in [0.1, 0.15) is 0 Å². The lowest BCUT2D eigenvalue weighted by molar-refractivity contribution is -0.122. The van der Waals surface area contributed by atoms with Crippen molar-refractivity contribution >= 4 is 34.1 Å². The molecule has 134 valence electrons. The minimum Gasteiger partial charge on any atom is -0.369 e. The van der Waals surface area contributed by atoms with Gasteiger partial charge in [0.25, 0.3) is 0 Å². The zero-order chi connectivity index (χ0) is 18.0. The molecule has 9 heteroatoms. The van der Waals surface area contributed by atoms with Crippen LogP contribution in [0.1, 0.15) is 12.8 Å². The SMILES string of the molecule is NC(=O)C1CCN(c2ncc(-c3ccc(SC(F)(F)F)cc3)s2)CC1. The fourth-order valence-electron chi connectivity index (χ4n) is 2.72. The maximum absolute atomic E-state index is 12.4. The van der Waals surface area contributed by atoms with Crippen molar-refractivity contribution in [3.05, 3.63) is 30.5 Å². The summed E-state index contributed by atoms with van der Waals surface area (Å²) < 4.78 is 37.1. The third-order valence-electron chi connectivity index (χ3n) is 4.03. The van der Waals surface area contributed by atoms with E-state index >= 15 is 0 Å². The largest absolute Gasteiger partial charge is 0.446 e. The van der Waals surface area contributed by atoms with Crippen molar-refractivity contribution in [1.82, 2.24) is 4.98 Å². The van der Waals surface area contributed by atoms with Crippen LogP contribution in [-0.4, -0.2) is 29.5 Å². The molecule has 1 fully saturated rings. The maximum Gasteiger partial charge on any atom is 0.446 e. The Hall–Kier alpha value is -1.74. The third-order valence-corrected chi connectivity index (χ3v) is 5.88. The predicted octanol–water partition coefficient (Wildman–Crippen LogP) is 4.12. The number of piperidine rings is 1. The molecule has 0 aliphatic carbocycles. The van der Waals surface area contributed by atoms with Crippen molar-refractivity contribution in [2.75, 3.05) is 18.0 Å². The number of carbonyl (C=O) groups excluding carboxylic acids is 1. The minimum atomic E-state index is -4.28. The van der Waals surface area contributed by atoms with Crippen LogP contribution in [0.2, 0.25) is 0 Å². The first-order valence-corrected chi connectivity index (χ1v) is 9.31. The van der Waals surface area contributed by atoms with Gasteiger partial charge in [-0.3, -0.25) is 4.79 Å². The van der Waals surface area contributed by atoms with Gasteiger partial charge in [-0.15, -0.1) is 0 Å². The highest BCUT2D eigenvalue weighted by atomic mass is 32.2. The van der Waals surface area contributed by atoms with E-state index in [-0.39, 0.29) is 28.5 Å². The number of benzene rings is 1. The van der Waals surface area contributed by atoms with Gasteiger partial charge in [0.05, 0.1) is 4.88 Å². The molecule has 2 aromatic rings. The summed E-state index contributed by atoms with van der Waals surface area (Å²) in [5.41, 5.74) is 1.89. The number of nitrogens with two attached hydrogens (primary N) is 1. The summed E-state index contributed by atoms with van der Waals surface area (Å²) in [5.74, 6) is -0.328. The second kappa shape index (κ2) is 7.25. The summed E-state index contributed by atoms with van der Waals surface area (Å²) in [6.45, 7) is 1.45. The molecule has 0 bridgehead atoms. The number of nitrogens with zero attached hydrogens (tertiary/aromatic N) is 2. The molecular formula is C16H16F3N3OS2. The number of alkyl halides is 3. The Kier molecular flexibility index (Phi) is 5.24. The van der Waals surface area contributed by atoms with Crippen LogP contribution in [0, 0.1) is 5.92 Å². The fourth-order valence-corrected chi connectivity index (χ4v) is 4.23. The fraction of sp³-hybridized carbons (Fsp3) is 0.375. The van der Waals surface area contributed by atoms with E-state index in [1.54, 1.807) is 18.3 Å². The Morgan fingerprint density at radius 1 is 1.24 bits per heavy atom. The van der Waals surface area contributed by atoms with Crippen LogP contribution in [0.15, 0.2) is 35.4 Å². The summed E-state index contributed by atoms with van der Waals surface area (Å²) in [6.07, 6.45) is 3.16. The number of hydrogen-bond donors (Lipinski definition) is 1. The number of halogens is 3. The van der Waals surface area contributed by atoms with Crippen molar-refractivity contribution in [1.29, 1.82) is 0 Å². The zero-order valence-electron chi connectivity index (χ0n) is 13.1. The molecule has 3 rings (SSSR count). The average molecular weight is 387 g/mol. The van der Waals surface area contributed by atoms with Crippen molar-refractivity contribution in [2.45, 2.75) is 23.2 Å². The van der Waals surface area contributed by atoms with E-state index in [2.05, 4.69) is 9.88 Å². The van der Waals surface area contributed by atoms with Gasteiger partial charge in [-0.05, 0) is 42.3 Å². The van der Waals surface area contributed by atoms with Crippen LogP contribution in [0.3, 0.4) is 0 Å². The van der Waals surface area contributed by atoms with E-state index in [4.69, 9.17) is 5.73 Å². The highest BCUT2D eigenvalue weighted by molar-refractivity contribution is 8.00. The number of thioether (sulfide) groups is 1. The van der Waals surface area contributed by atoms with Crippen LogP contribution in [-0.2, 0) is 4.79 Å². The van der Waals surface area contributed by atoms with Gasteiger partial charge in [-0.25, -0.2) is 4.98 Å². The molecule has 0 unspecified atom stereocenters. The Morgan fingerprint density at radius 3 is 2.44 bits per heavy atom. The number of hydrogen-bond acceptors (Lipinski definition) is 5. The molecule has 0 saturated carbocycles. The van der Waals surface area contributed by atoms with E-state index in [9.17, 15) is 18.0 Å². The first-order chi connectivity index (χ1) is 11.8. The molecule has 0 atom stereocenters. The number of thiazole rings is 1. The van der Waals surface area contributed by atoms with E-state index < -0.39 is 5.51 Å². The molecule has 2 N–H and O–H groups in total. The third kappa shape index (κ3) is 4.66. The van der Waals surface area contributed by atoms with Gasteiger partial charge in [0, 0.05) is 30.1 Å². The first-order valence-electron chi connectivity index (χ1n) is 7.68. The van der Waals surface area contributed by atoms with Crippen LogP contribution in [0.25, 0.3) is 10.4 Å². The van der Waals surface area contributed by atoms with Crippen molar-refractivity contribution in [3.8, 4) is 10.4 Å². The number of aromatic nitrogens is 1. The Morgan fingerprint density at radius 2 is 1.88 bits per heavy atom. The van der Waals surface area contributed by atoms with Crippen LogP contribution >= 0.6 is 23.1 Å². The second-order valence-electron chi connectivity index (χ2n) is 5.74. The summed E-state index contributed by atoms with van der Waals surface area (Å²) in [4.78, 5) is 18.8. The second-order valence-corrected chi connectivity index (χ2v) is 7.89. The van der Waals surface area contributed by atoms with Gasteiger partial charge in [0.15, 0.2) is 5.13 Å². The number of carbonyl (C=O) groups is 1. The minimum absolute atomic E-state index is 0.0747. The molecule has 1 saturated heterocycles. The monoisotopic (exact) mass is 387 g/mol. The van der Waals surface area contributed by atoms with Crippen LogP contribution in [0.4, 0.5) is 18.3 Å². The molecule has 0 spiro atoms. The highest BCUT2D eigenvalue weighted by Gasteiger charge is 2.29. The van der Waals surface area contributed by atoms with E-state index in [1.807, 2.05) is 0 Å². The quantitative estimate of drug-likeness (QED) is 0.802. The number of anilines is 1. The summed E-state index contributed by atoms with van der Waals surface area (Å²) >= 11 is 1.37. The first kappa shape index (κ1) is 18.1. The lowest BCUT2D eigenvalue weighted by Gasteiger charge is -2.30. The Labute approximate surface area is 151 Å². The average Bonchev–Trinajstić information content (AvgIpc) is 3.04. The van der Waals surface area contributed by atoms with Crippen molar-refractivity contribution < 1.29 is 18.0 Å². The van der Waals surface area contributed by atoms with Crippen LogP contribution in [0.5, 0.6) is 0 Å². The van der Waals surface area contributed by atoms with E-state index in [0.29, 0.717) is 12.8 Å². The van der Waals surface area contributed by atoms with Crippen molar-refractivity contribution in [3.63, 3.8) is 0 Å². The molecule has 1 amide bonds. The molecular weight excluding hydrogens is 371 g/mol. The Bertz CT molecular complexity index is 738. The van der Waals surface area contributed by atoms with Gasteiger partial charge in [0.2, 0.25) is 5.91 Å². The lowest BCUT2D eigenvalue weighted by Crippen LogP contribution is -2.38. The zero-order valence-corrected chi connectivity index (χ0v) is 14.8. The van der Waals surface area contributed by atoms with Crippen LogP contribution < -0.4 is 10.6 Å². The number of primary amides is 1. The van der Waals surface area contributed by atoms with Gasteiger partial charge >= 0.3 is 5.51 Å². The van der Waals surface area contributed by atoms with Gasteiger partial charge in [-0.1, -0.05) is 23.5 Å². The van der Waals surface area contributed by atoms with E-state index in [0.717, 1.165) is 28.7 Å². The van der Waals surface area contributed by atoms with E-state index in [1.165, 1.54) is 23.5 Å². The Balaban J connectivity index is 1.66. The normalized spacial score (nSPS) is 16.2. The summed E-state index contributed by atoms with van der Waals surface area (Å²) in [6, 6.07) is 6.27. The standard InChI is InChI=1S/C16H16F3N3OS2/c17-16(18,19)25-12-3-1-10(2-4-12)13-9-21-15(24-13)22-7-5-11(6-8-22)14(20)23/h1-4,9,11H,5-8H2,(H2,20,23). The molecule has 0 radical (unpaired) electrons. The molecule has 4 nitrogen and oxygen atoms in total. The van der Waals surface area contributed by atoms with Crippen molar-refractivity contribution in [2.24, 2.45) is 11.7 Å². The highest BCUT2D eigenvalue weighted by Crippen LogP contribution is 2.38. The number of amides is 1. The molecule has 25 heavy (non-hydrogen) atoms. The summed E-state index contributed by atoms with van der Waals surface area (Å²) in [5, 5.41) is 0.853. The lowest BCUT2D eigenvalue weighted by atomic mass is 9.97. The molecule has 1 aliphatic rings. The number of rotatable bonds is 4. The predicted molar refractivity (Wildman–Crippen MR) is 93.6 cm³/mol.